The van der Waals surface area contributed by atoms with Crippen LogP contribution in [0.1, 0.15) is 36.8 Å². The van der Waals surface area contributed by atoms with Crippen LogP contribution in [0.5, 0.6) is 0 Å². The van der Waals surface area contributed by atoms with E-state index in [9.17, 15) is 4.79 Å². The van der Waals surface area contributed by atoms with Crippen molar-refractivity contribution in [2.45, 2.75) is 39.0 Å². The van der Waals surface area contributed by atoms with Crippen LogP contribution >= 0.6 is 0 Å². The fraction of sp³-hybridized carbons (Fsp3) is 0.400. The summed E-state index contributed by atoms with van der Waals surface area (Å²) < 4.78 is 0. The highest BCUT2D eigenvalue weighted by atomic mass is 16.1. The van der Waals surface area contributed by atoms with Crippen molar-refractivity contribution in [1.82, 2.24) is 0 Å². The number of rotatable bonds is 7. The van der Waals surface area contributed by atoms with E-state index in [1.54, 1.807) is 0 Å². The average Bonchev–Trinajstić information content (AvgIpc) is 2.29. The summed E-state index contributed by atoms with van der Waals surface area (Å²) in [5.74, 6) is 0.363. The monoisotopic (exact) mass is 216 g/mol. The Morgan fingerprint density at radius 3 is 2.56 bits per heavy atom. The number of hydrogen-bond donors (Lipinski definition) is 0. The Hall–Kier alpha value is -1.37. The Labute approximate surface area is 98.2 Å². The summed E-state index contributed by atoms with van der Waals surface area (Å²) in [6.07, 6.45) is 5.98. The van der Waals surface area contributed by atoms with Gasteiger partial charge in [0, 0.05) is 12.8 Å². The second kappa shape index (κ2) is 7.00. The minimum atomic E-state index is 0.363. The minimum absolute atomic E-state index is 0.363. The molecular formula is C15H20O. The van der Waals surface area contributed by atoms with Crippen LogP contribution in [-0.4, -0.2) is 5.78 Å². The molecule has 1 rings (SSSR count). The number of carbonyl (C=O) groups excluding carboxylic acids is 1. The topological polar surface area (TPSA) is 17.1 Å². The van der Waals surface area contributed by atoms with Gasteiger partial charge in [-0.3, -0.25) is 4.79 Å². The van der Waals surface area contributed by atoms with Crippen LogP contribution in [0.2, 0.25) is 0 Å². The van der Waals surface area contributed by atoms with Crippen molar-refractivity contribution >= 4 is 5.78 Å². The third-order valence-corrected chi connectivity index (χ3v) is 2.68. The first kappa shape index (κ1) is 12.7. The van der Waals surface area contributed by atoms with Crippen molar-refractivity contribution in [2.24, 2.45) is 0 Å². The van der Waals surface area contributed by atoms with E-state index < -0.39 is 0 Å². The first-order valence-electron chi connectivity index (χ1n) is 5.90. The fourth-order valence-electron chi connectivity index (χ4n) is 1.61. The highest BCUT2D eigenvalue weighted by molar-refractivity contribution is 5.78. The first-order chi connectivity index (χ1) is 7.72. The molecule has 86 valence electrons. The number of allylic oxidation sites excluding steroid dienone is 1. The Kier molecular flexibility index (Phi) is 5.55. The molecule has 0 aliphatic rings. The number of hydrogen-bond acceptors (Lipinski definition) is 1. The molecule has 0 aliphatic carbocycles. The van der Waals surface area contributed by atoms with Crippen molar-refractivity contribution in [3.63, 3.8) is 0 Å². The summed E-state index contributed by atoms with van der Waals surface area (Å²) in [6.45, 7) is 5.72. The molecule has 0 heterocycles. The van der Waals surface area contributed by atoms with Gasteiger partial charge >= 0.3 is 0 Å². The molecule has 0 radical (unpaired) electrons. The molecule has 0 bridgehead atoms. The normalized spacial score (nSPS) is 10.1. The lowest BCUT2D eigenvalue weighted by Crippen LogP contribution is -1.99. The first-order valence-corrected chi connectivity index (χ1v) is 5.90. The third kappa shape index (κ3) is 4.92. The number of benzene rings is 1. The van der Waals surface area contributed by atoms with Gasteiger partial charge in [0.1, 0.15) is 5.78 Å². The summed E-state index contributed by atoms with van der Waals surface area (Å²) in [6, 6.07) is 8.40. The Bertz CT molecular complexity index is 335. The smallest absolute Gasteiger partial charge is 0.133 e. The molecule has 0 N–H and O–H groups in total. The Morgan fingerprint density at radius 2 is 1.94 bits per heavy atom. The highest BCUT2D eigenvalue weighted by Crippen LogP contribution is 2.08. The maximum Gasteiger partial charge on any atom is 0.133 e. The number of unbranched alkanes of at least 4 members (excludes halogenated alkanes) is 1. The minimum Gasteiger partial charge on any atom is -0.300 e. The predicted molar refractivity (Wildman–Crippen MR) is 68.6 cm³/mol. The van der Waals surface area contributed by atoms with Gasteiger partial charge in [-0.25, -0.2) is 0 Å². The zero-order chi connectivity index (χ0) is 11.8. The molecule has 0 aliphatic heterocycles. The molecule has 0 saturated carbocycles. The maximum atomic E-state index is 11.5. The second-order valence-corrected chi connectivity index (χ2v) is 4.21. The predicted octanol–water partition coefficient (Wildman–Crippen LogP) is 3.85. The summed E-state index contributed by atoms with van der Waals surface area (Å²) in [7, 11) is 0. The van der Waals surface area contributed by atoms with E-state index in [1.807, 2.05) is 6.08 Å². The number of carbonyl (C=O) groups is 1. The number of Topliss-reactive ketones (excluding diaryl/α,β-unsaturated/α-hetero) is 1. The number of ketones is 1. The Morgan fingerprint density at radius 1 is 1.25 bits per heavy atom. The molecule has 1 nitrogen and oxygen atoms in total. The van der Waals surface area contributed by atoms with E-state index >= 15 is 0 Å². The van der Waals surface area contributed by atoms with Gasteiger partial charge in [-0.1, -0.05) is 35.9 Å². The zero-order valence-corrected chi connectivity index (χ0v) is 10.0. The lowest BCUT2D eigenvalue weighted by atomic mass is 10.0. The summed E-state index contributed by atoms with van der Waals surface area (Å²) in [5, 5.41) is 0. The van der Waals surface area contributed by atoms with Crippen LogP contribution < -0.4 is 0 Å². The van der Waals surface area contributed by atoms with Crippen molar-refractivity contribution in [2.75, 3.05) is 0 Å². The van der Waals surface area contributed by atoms with E-state index in [1.165, 1.54) is 11.1 Å². The van der Waals surface area contributed by atoms with E-state index in [-0.39, 0.29) is 0 Å². The molecule has 0 fully saturated rings. The molecule has 0 atom stereocenters. The van der Waals surface area contributed by atoms with Gasteiger partial charge in [-0.15, -0.1) is 6.58 Å². The number of aryl methyl sites for hydroxylation is 2. The van der Waals surface area contributed by atoms with Gasteiger partial charge < -0.3 is 0 Å². The molecule has 0 amide bonds. The fourth-order valence-corrected chi connectivity index (χ4v) is 1.61. The van der Waals surface area contributed by atoms with E-state index in [0.717, 1.165) is 19.3 Å². The van der Waals surface area contributed by atoms with Gasteiger partial charge in [0.05, 0.1) is 0 Å². The van der Waals surface area contributed by atoms with Gasteiger partial charge in [0.15, 0.2) is 0 Å². The van der Waals surface area contributed by atoms with Crippen LogP contribution in [-0.2, 0) is 11.2 Å². The molecule has 0 aromatic heterocycles. The summed E-state index contributed by atoms with van der Waals surface area (Å²) in [4.78, 5) is 11.5. The quantitative estimate of drug-likeness (QED) is 0.499. The molecular weight excluding hydrogens is 196 g/mol. The zero-order valence-electron chi connectivity index (χ0n) is 10.0. The van der Waals surface area contributed by atoms with Gasteiger partial charge in [0.25, 0.3) is 0 Å². The van der Waals surface area contributed by atoms with Gasteiger partial charge in [-0.05, 0) is 31.7 Å². The Balaban J connectivity index is 2.26. The van der Waals surface area contributed by atoms with E-state index in [4.69, 9.17) is 0 Å². The lowest BCUT2D eigenvalue weighted by Gasteiger charge is -2.01. The molecule has 1 heteroatoms. The SMILES string of the molecule is C=CCCCC(=O)CCc1ccc(C)cc1. The summed E-state index contributed by atoms with van der Waals surface area (Å²) in [5.41, 5.74) is 2.52. The molecule has 16 heavy (non-hydrogen) atoms. The molecule has 0 spiro atoms. The van der Waals surface area contributed by atoms with Crippen LogP contribution in [0.4, 0.5) is 0 Å². The van der Waals surface area contributed by atoms with Crippen LogP contribution in [0.15, 0.2) is 36.9 Å². The van der Waals surface area contributed by atoms with Crippen molar-refractivity contribution in [3.05, 3.63) is 48.0 Å². The summed E-state index contributed by atoms with van der Waals surface area (Å²) >= 11 is 0. The molecule has 1 aromatic carbocycles. The van der Waals surface area contributed by atoms with Crippen LogP contribution in [0.3, 0.4) is 0 Å². The van der Waals surface area contributed by atoms with Gasteiger partial charge in [0.2, 0.25) is 0 Å². The molecule has 0 unspecified atom stereocenters. The van der Waals surface area contributed by atoms with Crippen LogP contribution in [0.25, 0.3) is 0 Å². The van der Waals surface area contributed by atoms with Crippen molar-refractivity contribution in [1.29, 1.82) is 0 Å². The van der Waals surface area contributed by atoms with Crippen molar-refractivity contribution < 1.29 is 4.79 Å². The standard InChI is InChI=1S/C15H20O/c1-3-4-5-6-15(16)12-11-14-9-7-13(2)8-10-14/h3,7-10H,1,4-6,11-12H2,2H3. The molecule has 1 aromatic rings. The molecule has 0 saturated heterocycles. The van der Waals surface area contributed by atoms with E-state index in [0.29, 0.717) is 18.6 Å². The average molecular weight is 216 g/mol. The largest absolute Gasteiger partial charge is 0.300 e. The highest BCUT2D eigenvalue weighted by Gasteiger charge is 2.01. The third-order valence-electron chi connectivity index (χ3n) is 2.68. The van der Waals surface area contributed by atoms with E-state index in [2.05, 4.69) is 37.8 Å². The lowest BCUT2D eigenvalue weighted by molar-refractivity contribution is -0.119. The second-order valence-electron chi connectivity index (χ2n) is 4.21. The van der Waals surface area contributed by atoms with Crippen molar-refractivity contribution in [3.8, 4) is 0 Å². The van der Waals surface area contributed by atoms with Crippen LogP contribution in [0, 0.1) is 6.92 Å². The van der Waals surface area contributed by atoms with Gasteiger partial charge in [-0.2, -0.15) is 0 Å². The maximum absolute atomic E-state index is 11.5.